The van der Waals surface area contributed by atoms with Crippen LogP contribution in [0.25, 0.3) is 0 Å². The molecule has 2 amide bonds. The van der Waals surface area contributed by atoms with Gasteiger partial charge in [-0.15, -0.1) is 0 Å². The standard InChI is InChI=1S/C24H26N2O5/c1-29-19-10-4-7-17(15-19)16-26(24(28)21-12-6-14-31-21)22(20-11-5-13-30-20)23(27)25-18-8-2-3-9-18/h4-7,10-15,18,22H,2-3,8-9,16H2,1H3,(H,25,27). The predicted octanol–water partition coefficient (Wildman–Crippen LogP) is 4.32. The molecule has 1 atom stereocenters. The zero-order valence-electron chi connectivity index (χ0n) is 17.5. The summed E-state index contributed by atoms with van der Waals surface area (Å²) in [6.07, 6.45) is 7.02. The molecule has 1 aliphatic rings. The summed E-state index contributed by atoms with van der Waals surface area (Å²) < 4.78 is 16.3. The lowest BCUT2D eigenvalue weighted by atomic mass is 10.1. The quantitative estimate of drug-likeness (QED) is 0.584. The lowest BCUT2D eigenvalue weighted by Gasteiger charge is -2.30. The minimum Gasteiger partial charge on any atom is -0.497 e. The van der Waals surface area contributed by atoms with Crippen LogP contribution in [0.4, 0.5) is 0 Å². The number of nitrogens with zero attached hydrogens (tertiary/aromatic N) is 1. The van der Waals surface area contributed by atoms with Gasteiger partial charge in [0.05, 0.1) is 19.6 Å². The molecular weight excluding hydrogens is 396 g/mol. The number of rotatable bonds is 8. The van der Waals surface area contributed by atoms with Crippen molar-refractivity contribution in [1.29, 1.82) is 0 Å². The summed E-state index contributed by atoms with van der Waals surface area (Å²) >= 11 is 0. The van der Waals surface area contributed by atoms with Crippen molar-refractivity contribution in [3.8, 4) is 5.75 Å². The molecule has 2 heterocycles. The number of furan rings is 2. The van der Waals surface area contributed by atoms with E-state index in [0.29, 0.717) is 11.5 Å². The van der Waals surface area contributed by atoms with Gasteiger partial charge in [0, 0.05) is 12.6 Å². The van der Waals surface area contributed by atoms with Crippen molar-refractivity contribution in [1.82, 2.24) is 10.2 Å². The van der Waals surface area contributed by atoms with E-state index in [0.717, 1.165) is 31.2 Å². The van der Waals surface area contributed by atoms with Crippen LogP contribution in [-0.4, -0.2) is 29.9 Å². The average Bonchev–Trinajstić information content (AvgIpc) is 3.56. The van der Waals surface area contributed by atoms with Crippen LogP contribution in [0.2, 0.25) is 0 Å². The van der Waals surface area contributed by atoms with Crippen LogP contribution in [0.5, 0.6) is 5.75 Å². The maximum absolute atomic E-state index is 13.4. The first kappa shape index (κ1) is 20.8. The van der Waals surface area contributed by atoms with E-state index in [2.05, 4.69) is 5.32 Å². The van der Waals surface area contributed by atoms with Crippen LogP contribution in [0.3, 0.4) is 0 Å². The molecule has 0 radical (unpaired) electrons. The SMILES string of the molecule is COc1cccc(CN(C(=O)c2ccco2)C(C(=O)NC2CCCC2)c2ccco2)c1. The molecule has 31 heavy (non-hydrogen) atoms. The Morgan fingerprint density at radius 1 is 1.10 bits per heavy atom. The number of hydrogen-bond donors (Lipinski definition) is 1. The van der Waals surface area contributed by atoms with E-state index in [-0.39, 0.29) is 24.3 Å². The molecule has 4 rings (SSSR count). The maximum atomic E-state index is 13.4. The summed E-state index contributed by atoms with van der Waals surface area (Å²) in [7, 11) is 1.59. The largest absolute Gasteiger partial charge is 0.497 e. The van der Waals surface area contributed by atoms with Gasteiger partial charge in [-0.1, -0.05) is 25.0 Å². The number of methoxy groups -OCH3 is 1. The second kappa shape index (κ2) is 9.55. The van der Waals surface area contributed by atoms with Gasteiger partial charge < -0.3 is 23.8 Å². The van der Waals surface area contributed by atoms with E-state index in [1.54, 1.807) is 31.4 Å². The van der Waals surface area contributed by atoms with Crippen LogP contribution in [0.15, 0.2) is 69.9 Å². The number of ether oxygens (including phenoxy) is 1. The number of carbonyl (C=O) groups excluding carboxylic acids is 2. The van der Waals surface area contributed by atoms with Gasteiger partial charge in [-0.3, -0.25) is 9.59 Å². The first-order valence-electron chi connectivity index (χ1n) is 10.5. The Labute approximate surface area is 181 Å². The normalized spacial score (nSPS) is 14.9. The van der Waals surface area contributed by atoms with Crippen molar-refractivity contribution in [2.45, 2.75) is 44.3 Å². The summed E-state index contributed by atoms with van der Waals surface area (Å²) in [5.41, 5.74) is 0.824. The third-order valence-corrected chi connectivity index (χ3v) is 5.55. The third-order valence-electron chi connectivity index (χ3n) is 5.55. The Bertz CT molecular complexity index is 991. The van der Waals surface area contributed by atoms with Crippen molar-refractivity contribution in [2.75, 3.05) is 7.11 Å². The highest BCUT2D eigenvalue weighted by molar-refractivity contribution is 5.95. The van der Waals surface area contributed by atoms with E-state index < -0.39 is 11.9 Å². The van der Waals surface area contributed by atoms with Crippen molar-refractivity contribution in [3.63, 3.8) is 0 Å². The number of nitrogens with one attached hydrogen (secondary N) is 1. The molecule has 1 saturated carbocycles. The Morgan fingerprint density at radius 3 is 2.55 bits per heavy atom. The van der Waals surface area contributed by atoms with E-state index in [4.69, 9.17) is 13.6 Å². The number of hydrogen-bond acceptors (Lipinski definition) is 5. The lowest BCUT2D eigenvalue weighted by molar-refractivity contribution is -0.127. The zero-order valence-corrected chi connectivity index (χ0v) is 17.5. The van der Waals surface area contributed by atoms with Gasteiger partial charge in [0.25, 0.3) is 11.8 Å². The molecule has 7 heteroatoms. The summed E-state index contributed by atoms with van der Waals surface area (Å²) in [5, 5.41) is 3.11. The van der Waals surface area contributed by atoms with E-state index >= 15 is 0 Å². The van der Waals surface area contributed by atoms with Crippen LogP contribution in [-0.2, 0) is 11.3 Å². The van der Waals surface area contributed by atoms with Gasteiger partial charge in [-0.05, 0) is 54.8 Å². The molecule has 0 aliphatic heterocycles. The van der Waals surface area contributed by atoms with Gasteiger partial charge in [0.1, 0.15) is 11.5 Å². The summed E-state index contributed by atoms with van der Waals surface area (Å²) in [5.74, 6) is 0.583. The van der Waals surface area contributed by atoms with E-state index in [1.165, 1.54) is 17.4 Å². The molecule has 0 bridgehead atoms. The van der Waals surface area contributed by atoms with Gasteiger partial charge in [-0.2, -0.15) is 0 Å². The number of benzene rings is 1. The van der Waals surface area contributed by atoms with Crippen LogP contribution >= 0.6 is 0 Å². The fourth-order valence-corrected chi connectivity index (χ4v) is 4.01. The topological polar surface area (TPSA) is 84.9 Å². The molecule has 0 spiro atoms. The fraction of sp³-hybridized carbons (Fsp3) is 0.333. The van der Waals surface area contributed by atoms with Crippen molar-refractivity contribution in [3.05, 3.63) is 78.1 Å². The molecule has 1 N–H and O–H groups in total. The van der Waals surface area contributed by atoms with Gasteiger partial charge in [0.15, 0.2) is 11.8 Å². The minimum atomic E-state index is -0.931. The molecule has 1 unspecified atom stereocenters. The highest BCUT2D eigenvalue weighted by atomic mass is 16.5. The molecule has 3 aromatic rings. The summed E-state index contributed by atoms with van der Waals surface area (Å²) in [6, 6.07) is 13.3. The Balaban J connectivity index is 1.69. The summed E-state index contributed by atoms with van der Waals surface area (Å²) in [4.78, 5) is 28.3. The van der Waals surface area contributed by atoms with Crippen LogP contribution < -0.4 is 10.1 Å². The second-order valence-corrected chi connectivity index (χ2v) is 7.67. The molecule has 1 fully saturated rings. The molecule has 1 aliphatic carbocycles. The fourth-order valence-electron chi connectivity index (χ4n) is 4.01. The van der Waals surface area contributed by atoms with E-state index in [1.807, 2.05) is 24.3 Å². The highest BCUT2D eigenvalue weighted by Gasteiger charge is 2.36. The number of amides is 2. The zero-order chi connectivity index (χ0) is 21.6. The Hall–Kier alpha value is -3.48. The minimum absolute atomic E-state index is 0.113. The molecule has 2 aromatic heterocycles. The average molecular weight is 422 g/mol. The number of carbonyl (C=O) groups is 2. The van der Waals surface area contributed by atoms with E-state index in [9.17, 15) is 9.59 Å². The monoisotopic (exact) mass is 422 g/mol. The Morgan fingerprint density at radius 2 is 1.87 bits per heavy atom. The molecule has 162 valence electrons. The summed E-state index contributed by atoms with van der Waals surface area (Å²) in [6.45, 7) is 0.181. The van der Waals surface area contributed by atoms with Gasteiger partial charge in [-0.25, -0.2) is 0 Å². The predicted molar refractivity (Wildman–Crippen MR) is 113 cm³/mol. The van der Waals surface area contributed by atoms with Crippen LogP contribution in [0.1, 0.15) is 53.6 Å². The first-order valence-corrected chi connectivity index (χ1v) is 10.5. The third kappa shape index (κ3) is 4.82. The van der Waals surface area contributed by atoms with Gasteiger partial charge >= 0.3 is 0 Å². The molecular formula is C24H26N2O5. The molecule has 1 aromatic carbocycles. The smallest absolute Gasteiger partial charge is 0.290 e. The van der Waals surface area contributed by atoms with Crippen molar-refractivity contribution >= 4 is 11.8 Å². The highest BCUT2D eigenvalue weighted by Crippen LogP contribution is 2.28. The van der Waals surface area contributed by atoms with Crippen molar-refractivity contribution < 1.29 is 23.2 Å². The first-order chi connectivity index (χ1) is 15.2. The van der Waals surface area contributed by atoms with Gasteiger partial charge in [0.2, 0.25) is 0 Å². The molecule has 7 nitrogen and oxygen atoms in total. The van der Waals surface area contributed by atoms with Crippen LogP contribution in [0, 0.1) is 0 Å². The lowest BCUT2D eigenvalue weighted by Crippen LogP contribution is -2.45. The van der Waals surface area contributed by atoms with Crippen molar-refractivity contribution in [2.24, 2.45) is 0 Å². The molecule has 0 saturated heterocycles. The Kier molecular flexibility index (Phi) is 6.40. The second-order valence-electron chi connectivity index (χ2n) is 7.67. The maximum Gasteiger partial charge on any atom is 0.290 e.